The lowest BCUT2D eigenvalue weighted by molar-refractivity contribution is 0.215. The van der Waals surface area contributed by atoms with Gasteiger partial charge in [-0.05, 0) is 12.5 Å². The van der Waals surface area contributed by atoms with Crippen molar-refractivity contribution < 1.29 is 8.78 Å². The van der Waals surface area contributed by atoms with E-state index in [9.17, 15) is 8.78 Å². The third-order valence-electron chi connectivity index (χ3n) is 3.56. The topological polar surface area (TPSA) is 15.3 Å². The van der Waals surface area contributed by atoms with Crippen LogP contribution in [0.5, 0.6) is 0 Å². The fraction of sp³-hybridized carbons (Fsp3) is 0.500. The molecule has 0 saturated carbocycles. The molecule has 2 saturated heterocycles. The SMILES string of the molecule is Fc1ccc(CN2CC3CC2CN3)c(F)c1. The Kier molecular flexibility index (Phi) is 2.41. The first-order chi connectivity index (χ1) is 7.72. The van der Waals surface area contributed by atoms with Gasteiger partial charge in [-0.2, -0.15) is 0 Å². The van der Waals surface area contributed by atoms with Crippen molar-refractivity contribution >= 4 is 0 Å². The highest BCUT2D eigenvalue weighted by molar-refractivity contribution is 5.19. The van der Waals surface area contributed by atoms with Crippen molar-refractivity contribution in [3.8, 4) is 0 Å². The molecule has 1 aromatic rings. The Balaban J connectivity index is 1.74. The van der Waals surface area contributed by atoms with Gasteiger partial charge in [0.05, 0.1) is 0 Å². The largest absolute Gasteiger partial charge is 0.311 e. The Hall–Kier alpha value is -1.00. The van der Waals surface area contributed by atoms with Gasteiger partial charge in [-0.1, -0.05) is 6.07 Å². The molecule has 0 amide bonds. The Bertz CT molecular complexity index is 408. The summed E-state index contributed by atoms with van der Waals surface area (Å²) in [5.41, 5.74) is 0.592. The number of hydrogen-bond donors (Lipinski definition) is 1. The number of hydrogen-bond acceptors (Lipinski definition) is 2. The van der Waals surface area contributed by atoms with Crippen molar-refractivity contribution in [2.75, 3.05) is 13.1 Å². The third-order valence-corrected chi connectivity index (χ3v) is 3.56. The minimum atomic E-state index is -0.508. The van der Waals surface area contributed by atoms with Crippen molar-refractivity contribution in [2.45, 2.75) is 25.0 Å². The van der Waals surface area contributed by atoms with Crippen molar-refractivity contribution in [3.63, 3.8) is 0 Å². The molecule has 0 aliphatic carbocycles. The highest BCUT2D eigenvalue weighted by Crippen LogP contribution is 2.25. The molecule has 2 fully saturated rings. The highest BCUT2D eigenvalue weighted by Gasteiger charge is 2.37. The molecule has 2 bridgehead atoms. The van der Waals surface area contributed by atoms with E-state index in [1.54, 1.807) is 6.07 Å². The lowest BCUT2D eigenvalue weighted by Crippen LogP contribution is -2.43. The monoisotopic (exact) mass is 224 g/mol. The molecule has 2 nitrogen and oxygen atoms in total. The molecule has 2 unspecified atom stereocenters. The molecular weight excluding hydrogens is 210 g/mol. The van der Waals surface area contributed by atoms with Crippen LogP contribution in [0.2, 0.25) is 0 Å². The van der Waals surface area contributed by atoms with Gasteiger partial charge in [0, 0.05) is 43.3 Å². The van der Waals surface area contributed by atoms with E-state index in [0.29, 0.717) is 24.2 Å². The van der Waals surface area contributed by atoms with E-state index in [-0.39, 0.29) is 0 Å². The number of likely N-dealkylation sites (tertiary alicyclic amines) is 1. The van der Waals surface area contributed by atoms with Crippen molar-refractivity contribution in [1.82, 2.24) is 10.2 Å². The molecule has 86 valence electrons. The summed E-state index contributed by atoms with van der Waals surface area (Å²) in [4.78, 5) is 2.28. The Labute approximate surface area is 93.3 Å². The molecular formula is C12H14F2N2. The molecule has 1 N–H and O–H groups in total. The molecule has 2 atom stereocenters. The molecule has 0 spiro atoms. The lowest BCUT2D eigenvalue weighted by Gasteiger charge is -2.27. The fourth-order valence-corrected chi connectivity index (χ4v) is 2.71. The Morgan fingerprint density at radius 3 is 2.88 bits per heavy atom. The first-order valence-electron chi connectivity index (χ1n) is 5.64. The van der Waals surface area contributed by atoms with Crippen LogP contribution in [0.1, 0.15) is 12.0 Å². The van der Waals surface area contributed by atoms with Crippen LogP contribution in [0.4, 0.5) is 8.78 Å². The number of nitrogens with zero attached hydrogens (tertiary/aromatic N) is 1. The van der Waals surface area contributed by atoms with E-state index in [1.165, 1.54) is 6.07 Å². The van der Waals surface area contributed by atoms with Crippen LogP contribution in [0.3, 0.4) is 0 Å². The molecule has 1 aromatic carbocycles. The summed E-state index contributed by atoms with van der Waals surface area (Å²) in [5, 5.41) is 3.40. The van der Waals surface area contributed by atoms with Gasteiger partial charge in [0.25, 0.3) is 0 Å². The standard InChI is InChI=1S/C12H14F2N2/c13-9-2-1-8(12(14)3-9)6-16-7-10-4-11(16)5-15-10/h1-3,10-11,15H,4-7H2. The van der Waals surface area contributed by atoms with Crippen LogP contribution in [0.25, 0.3) is 0 Å². The van der Waals surface area contributed by atoms with E-state index < -0.39 is 11.6 Å². The number of benzene rings is 1. The fourth-order valence-electron chi connectivity index (χ4n) is 2.71. The maximum atomic E-state index is 13.5. The maximum Gasteiger partial charge on any atom is 0.130 e. The number of halogens is 2. The second-order valence-corrected chi connectivity index (χ2v) is 4.66. The smallest absolute Gasteiger partial charge is 0.130 e. The third kappa shape index (κ3) is 1.72. The molecule has 4 heteroatoms. The van der Waals surface area contributed by atoms with Crippen LogP contribution in [0.15, 0.2) is 18.2 Å². The van der Waals surface area contributed by atoms with Crippen molar-refractivity contribution in [3.05, 3.63) is 35.4 Å². The molecule has 0 aromatic heterocycles. The summed E-state index contributed by atoms with van der Waals surface area (Å²) in [5.74, 6) is -0.943. The molecule has 0 radical (unpaired) electrons. The molecule has 2 aliphatic rings. The predicted molar refractivity (Wildman–Crippen MR) is 57.0 cm³/mol. The average Bonchev–Trinajstić information content (AvgIpc) is 2.84. The van der Waals surface area contributed by atoms with Gasteiger partial charge in [-0.25, -0.2) is 8.78 Å². The van der Waals surface area contributed by atoms with Gasteiger partial charge < -0.3 is 5.32 Å². The van der Waals surface area contributed by atoms with E-state index in [4.69, 9.17) is 0 Å². The Morgan fingerprint density at radius 2 is 2.25 bits per heavy atom. The van der Waals surface area contributed by atoms with E-state index in [2.05, 4.69) is 10.2 Å². The van der Waals surface area contributed by atoms with Gasteiger partial charge in [0.2, 0.25) is 0 Å². The minimum absolute atomic E-state index is 0.435. The maximum absolute atomic E-state index is 13.5. The lowest BCUT2D eigenvalue weighted by atomic mass is 10.1. The molecule has 16 heavy (non-hydrogen) atoms. The van der Waals surface area contributed by atoms with Gasteiger partial charge in [-0.15, -0.1) is 0 Å². The Morgan fingerprint density at radius 1 is 1.38 bits per heavy atom. The van der Waals surface area contributed by atoms with Gasteiger partial charge in [0.1, 0.15) is 11.6 Å². The normalized spacial score (nSPS) is 28.9. The molecule has 2 aliphatic heterocycles. The summed E-state index contributed by atoms with van der Waals surface area (Å²) in [7, 11) is 0. The van der Waals surface area contributed by atoms with E-state index in [1.807, 2.05) is 0 Å². The molecule has 2 heterocycles. The minimum Gasteiger partial charge on any atom is -0.311 e. The average molecular weight is 224 g/mol. The zero-order valence-electron chi connectivity index (χ0n) is 8.92. The van der Waals surface area contributed by atoms with Crippen LogP contribution < -0.4 is 5.32 Å². The summed E-state index contributed by atoms with van der Waals surface area (Å²) in [6.45, 7) is 2.56. The second kappa shape index (κ2) is 3.79. The second-order valence-electron chi connectivity index (χ2n) is 4.66. The van der Waals surface area contributed by atoms with Gasteiger partial charge >= 0.3 is 0 Å². The van der Waals surface area contributed by atoms with Crippen LogP contribution in [-0.2, 0) is 6.54 Å². The zero-order valence-corrected chi connectivity index (χ0v) is 8.92. The predicted octanol–water partition coefficient (Wildman–Crippen LogP) is 1.51. The first kappa shape index (κ1) is 10.2. The number of fused-ring (bicyclic) bond motifs is 2. The number of rotatable bonds is 2. The van der Waals surface area contributed by atoms with Crippen molar-refractivity contribution in [2.24, 2.45) is 0 Å². The van der Waals surface area contributed by atoms with Crippen LogP contribution in [-0.4, -0.2) is 30.1 Å². The first-order valence-corrected chi connectivity index (χ1v) is 5.64. The van der Waals surface area contributed by atoms with Gasteiger partial charge in [-0.3, -0.25) is 4.90 Å². The van der Waals surface area contributed by atoms with E-state index in [0.717, 1.165) is 25.6 Å². The summed E-state index contributed by atoms with van der Waals surface area (Å²) in [6.07, 6.45) is 1.16. The summed E-state index contributed by atoms with van der Waals surface area (Å²) < 4.78 is 26.2. The highest BCUT2D eigenvalue weighted by atomic mass is 19.1. The number of piperazine rings is 1. The van der Waals surface area contributed by atoms with E-state index >= 15 is 0 Å². The molecule has 3 rings (SSSR count). The van der Waals surface area contributed by atoms with Crippen LogP contribution in [0, 0.1) is 11.6 Å². The van der Waals surface area contributed by atoms with Crippen LogP contribution >= 0.6 is 0 Å². The zero-order chi connectivity index (χ0) is 11.1. The van der Waals surface area contributed by atoms with Crippen molar-refractivity contribution in [1.29, 1.82) is 0 Å². The summed E-state index contributed by atoms with van der Waals surface area (Å²) in [6, 6.07) is 4.92. The summed E-state index contributed by atoms with van der Waals surface area (Å²) >= 11 is 0. The number of nitrogens with one attached hydrogen (secondary N) is 1. The quantitative estimate of drug-likeness (QED) is 0.819. The van der Waals surface area contributed by atoms with Gasteiger partial charge in [0.15, 0.2) is 0 Å².